The number of Topliss-reactive ketones (excluding diaryl/α,β-unsaturated/α-hetero) is 1. The van der Waals surface area contributed by atoms with Crippen LogP contribution in [0.1, 0.15) is 28.4 Å². The second-order valence-corrected chi connectivity index (χ2v) is 9.25. The highest BCUT2D eigenvalue weighted by molar-refractivity contribution is 9.10. The number of aromatic hydroxyl groups is 1. The monoisotopic (exact) mass is 519 g/mol. The van der Waals surface area contributed by atoms with Gasteiger partial charge < -0.3 is 19.9 Å². The van der Waals surface area contributed by atoms with Gasteiger partial charge in [-0.15, -0.1) is 0 Å². The lowest BCUT2D eigenvalue weighted by molar-refractivity contribution is 0.0972. The Bertz CT molecular complexity index is 1410. The predicted octanol–water partition coefficient (Wildman–Crippen LogP) is 5.50. The molecular weight excluding hydrogens is 494 g/mol. The molecule has 1 heterocycles. The third-order valence-corrected chi connectivity index (χ3v) is 6.65. The van der Waals surface area contributed by atoms with Crippen molar-refractivity contribution in [2.45, 2.75) is 12.5 Å². The molecule has 6 nitrogen and oxygen atoms in total. The number of ketones is 1. The number of hydrogen-bond donors (Lipinski definition) is 2. The number of carbonyl (C=O) groups is 1. The van der Waals surface area contributed by atoms with E-state index in [0.29, 0.717) is 10.9 Å². The number of nitrogens with one attached hydrogen (secondary N) is 1. The van der Waals surface area contributed by atoms with Crippen LogP contribution in [0.3, 0.4) is 0 Å². The molecule has 4 rings (SSSR count). The van der Waals surface area contributed by atoms with E-state index in [1.54, 1.807) is 31.3 Å². The summed E-state index contributed by atoms with van der Waals surface area (Å²) in [5.74, 6) is -0.698. The molecule has 1 atom stereocenters. The van der Waals surface area contributed by atoms with Crippen molar-refractivity contribution >= 4 is 44.0 Å². The Hall–Kier alpha value is -3.58. The summed E-state index contributed by atoms with van der Waals surface area (Å²) in [4.78, 5) is 28.5. The lowest BCUT2D eigenvalue weighted by atomic mass is 9.96. The van der Waals surface area contributed by atoms with Gasteiger partial charge in [0, 0.05) is 48.8 Å². The van der Waals surface area contributed by atoms with Crippen molar-refractivity contribution in [1.29, 1.82) is 0 Å². The standard InChI is InChI=1S/C27H26BrN3O3/c1-30(2)18-14-12-17(13-15-18)22(29-21-10-6-5-9-20(21)28)16-24(32)25-26(33)19-8-4-7-11-23(19)31(3)27(25)34/h4-15,22,29,33H,16H2,1-3H3. The van der Waals surface area contributed by atoms with Crippen LogP contribution in [0.15, 0.2) is 82.1 Å². The first-order chi connectivity index (χ1) is 16.3. The van der Waals surface area contributed by atoms with Crippen LogP contribution in [0.25, 0.3) is 10.9 Å². The van der Waals surface area contributed by atoms with Crippen LogP contribution in [0.4, 0.5) is 11.4 Å². The van der Waals surface area contributed by atoms with E-state index in [1.807, 2.05) is 67.5 Å². The first-order valence-corrected chi connectivity index (χ1v) is 11.7. The Labute approximate surface area is 206 Å². The molecule has 0 spiro atoms. The fourth-order valence-electron chi connectivity index (χ4n) is 4.04. The average Bonchev–Trinajstić information content (AvgIpc) is 2.83. The molecule has 3 aromatic carbocycles. The summed E-state index contributed by atoms with van der Waals surface area (Å²) >= 11 is 3.55. The minimum absolute atomic E-state index is 0.0101. The first-order valence-electron chi connectivity index (χ1n) is 10.9. The van der Waals surface area contributed by atoms with E-state index < -0.39 is 17.4 Å². The predicted molar refractivity (Wildman–Crippen MR) is 141 cm³/mol. The number of rotatable bonds is 7. The number of benzene rings is 3. The van der Waals surface area contributed by atoms with Gasteiger partial charge in [0.15, 0.2) is 5.78 Å². The molecule has 0 fully saturated rings. The van der Waals surface area contributed by atoms with E-state index in [9.17, 15) is 14.7 Å². The smallest absolute Gasteiger partial charge is 0.265 e. The number of halogens is 1. The Balaban J connectivity index is 1.75. The van der Waals surface area contributed by atoms with Crippen molar-refractivity contribution in [2.75, 3.05) is 24.3 Å². The Morgan fingerprint density at radius 3 is 2.35 bits per heavy atom. The number of nitrogens with zero attached hydrogens (tertiary/aromatic N) is 2. The van der Waals surface area contributed by atoms with E-state index in [1.165, 1.54) is 4.57 Å². The van der Waals surface area contributed by atoms with Gasteiger partial charge >= 0.3 is 0 Å². The van der Waals surface area contributed by atoms with Gasteiger partial charge in [0.1, 0.15) is 11.3 Å². The Kier molecular flexibility index (Phi) is 6.75. The maximum Gasteiger partial charge on any atom is 0.265 e. The second-order valence-electron chi connectivity index (χ2n) is 8.39. The molecule has 0 aliphatic heterocycles. The Morgan fingerprint density at radius 2 is 1.68 bits per heavy atom. The van der Waals surface area contributed by atoms with Gasteiger partial charge in [-0.05, 0) is 57.9 Å². The molecule has 0 radical (unpaired) electrons. The van der Waals surface area contributed by atoms with Gasteiger partial charge in [0.25, 0.3) is 5.56 Å². The fourth-order valence-corrected chi connectivity index (χ4v) is 4.44. The summed E-state index contributed by atoms with van der Waals surface area (Å²) in [6.45, 7) is 0. The highest BCUT2D eigenvalue weighted by Crippen LogP contribution is 2.32. The number of hydrogen-bond acceptors (Lipinski definition) is 5. The van der Waals surface area contributed by atoms with Crippen LogP contribution in [0.2, 0.25) is 0 Å². The van der Waals surface area contributed by atoms with Gasteiger partial charge in [-0.1, -0.05) is 36.4 Å². The normalized spacial score (nSPS) is 11.9. The number of aryl methyl sites for hydroxylation is 1. The molecular formula is C27H26BrN3O3. The van der Waals surface area contributed by atoms with Crippen LogP contribution in [0.5, 0.6) is 5.75 Å². The number of anilines is 2. The molecule has 174 valence electrons. The SMILES string of the molecule is CN(C)c1ccc(C(CC(=O)c2c(O)c3ccccc3n(C)c2=O)Nc2ccccc2Br)cc1. The maximum atomic E-state index is 13.5. The molecule has 1 unspecified atom stereocenters. The summed E-state index contributed by atoms with van der Waals surface area (Å²) < 4.78 is 2.27. The van der Waals surface area contributed by atoms with Gasteiger partial charge in [0.2, 0.25) is 0 Å². The first kappa shape index (κ1) is 23.6. The van der Waals surface area contributed by atoms with E-state index >= 15 is 0 Å². The third kappa shape index (κ3) is 4.56. The molecule has 0 aliphatic carbocycles. The summed E-state index contributed by atoms with van der Waals surface area (Å²) in [6.07, 6.45) is -0.0101. The molecule has 0 saturated heterocycles. The molecule has 4 aromatic rings. The fraction of sp³-hybridized carbons (Fsp3) is 0.185. The van der Waals surface area contributed by atoms with E-state index in [-0.39, 0.29) is 17.7 Å². The highest BCUT2D eigenvalue weighted by Gasteiger charge is 2.25. The highest BCUT2D eigenvalue weighted by atomic mass is 79.9. The number of carbonyl (C=O) groups excluding carboxylic acids is 1. The van der Waals surface area contributed by atoms with Crippen molar-refractivity contribution < 1.29 is 9.90 Å². The topological polar surface area (TPSA) is 74.6 Å². The van der Waals surface area contributed by atoms with Gasteiger partial charge in [-0.2, -0.15) is 0 Å². The minimum atomic E-state index is -0.510. The third-order valence-electron chi connectivity index (χ3n) is 5.96. The van der Waals surface area contributed by atoms with Crippen molar-refractivity contribution in [3.63, 3.8) is 0 Å². The van der Waals surface area contributed by atoms with Crippen molar-refractivity contribution in [1.82, 2.24) is 4.57 Å². The van der Waals surface area contributed by atoms with Gasteiger partial charge in [0.05, 0.1) is 11.6 Å². The van der Waals surface area contributed by atoms with E-state index in [0.717, 1.165) is 21.4 Å². The number of aromatic nitrogens is 1. The van der Waals surface area contributed by atoms with E-state index in [2.05, 4.69) is 21.2 Å². The molecule has 0 saturated carbocycles. The second kappa shape index (κ2) is 9.73. The van der Waals surface area contributed by atoms with Crippen molar-refractivity contribution in [2.24, 2.45) is 7.05 Å². The molecule has 1 aromatic heterocycles. The molecule has 0 aliphatic rings. The maximum absolute atomic E-state index is 13.5. The molecule has 34 heavy (non-hydrogen) atoms. The summed E-state index contributed by atoms with van der Waals surface area (Å²) in [5.41, 5.74) is 2.63. The summed E-state index contributed by atoms with van der Waals surface area (Å²) in [6, 6.07) is 22.2. The average molecular weight is 520 g/mol. The lowest BCUT2D eigenvalue weighted by Gasteiger charge is -2.22. The Morgan fingerprint density at radius 1 is 1.03 bits per heavy atom. The van der Waals surface area contributed by atoms with Crippen LogP contribution >= 0.6 is 15.9 Å². The quantitative estimate of drug-likeness (QED) is 0.315. The number of fused-ring (bicyclic) bond motifs is 1. The largest absolute Gasteiger partial charge is 0.506 e. The summed E-state index contributed by atoms with van der Waals surface area (Å²) in [7, 11) is 5.54. The molecule has 0 bridgehead atoms. The van der Waals surface area contributed by atoms with Crippen LogP contribution in [-0.2, 0) is 7.05 Å². The van der Waals surface area contributed by atoms with Crippen LogP contribution in [0, 0.1) is 0 Å². The summed E-state index contributed by atoms with van der Waals surface area (Å²) in [5, 5.41) is 14.8. The number of pyridine rings is 1. The van der Waals surface area contributed by atoms with E-state index in [4.69, 9.17) is 0 Å². The van der Waals surface area contributed by atoms with Gasteiger partial charge in [-0.3, -0.25) is 9.59 Å². The van der Waals surface area contributed by atoms with Gasteiger partial charge in [-0.25, -0.2) is 0 Å². The van der Waals surface area contributed by atoms with Crippen LogP contribution in [-0.4, -0.2) is 29.6 Å². The molecule has 0 amide bonds. The van der Waals surface area contributed by atoms with Crippen molar-refractivity contribution in [3.8, 4) is 5.75 Å². The zero-order chi connectivity index (χ0) is 24.4. The minimum Gasteiger partial charge on any atom is -0.506 e. The molecule has 7 heteroatoms. The zero-order valence-electron chi connectivity index (χ0n) is 19.2. The number of para-hydroxylation sites is 2. The lowest BCUT2D eigenvalue weighted by Crippen LogP contribution is -2.27. The van der Waals surface area contributed by atoms with Crippen LogP contribution < -0.4 is 15.8 Å². The van der Waals surface area contributed by atoms with Crippen molar-refractivity contribution in [3.05, 3.63) is 98.7 Å². The zero-order valence-corrected chi connectivity index (χ0v) is 20.8. The molecule has 2 N–H and O–H groups in total.